The topological polar surface area (TPSA) is 44.8 Å². The van der Waals surface area contributed by atoms with Crippen LogP contribution in [0.15, 0.2) is 0 Å². The summed E-state index contributed by atoms with van der Waals surface area (Å²) in [5.74, 6) is -0.342. The van der Waals surface area contributed by atoms with Crippen LogP contribution in [-0.4, -0.2) is 18.9 Å². The van der Waals surface area contributed by atoms with Gasteiger partial charge in [0, 0.05) is 13.3 Å². The number of hydrogen-bond acceptors (Lipinski definition) is 4. The summed E-state index contributed by atoms with van der Waals surface area (Å²) in [5, 5.41) is 0. The van der Waals surface area contributed by atoms with Gasteiger partial charge in [0.2, 0.25) is 6.29 Å². The molecule has 0 aliphatic carbocycles. The molecule has 9 heavy (non-hydrogen) atoms. The van der Waals surface area contributed by atoms with Crippen LogP contribution >= 0.6 is 0 Å². The van der Waals surface area contributed by atoms with Crippen molar-refractivity contribution in [3.8, 4) is 0 Å². The number of esters is 1. The molecule has 4 nitrogen and oxygen atoms in total. The van der Waals surface area contributed by atoms with Crippen molar-refractivity contribution < 1.29 is 19.3 Å². The van der Waals surface area contributed by atoms with Gasteiger partial charge in [-0.05, 0) is 0 Å². The monoisotopic (exact) mass is 132 g/mol. The first-order valence-electron chi connectivity index (χ1n) is 2.74. The van der Waals surface area contributed by atoms with E-state index in [1.54, 1.807) is 0 Å². The number of rotatable bonds is 1. The predicted octanol–water partition coefficient (Wildman–Crippen LogP) is 0.227. The van der Waals surface area contributed by atoms with E-state index in [1.807, 2.05) is 0 Å². The first-order valence-corrected chi connectivity index (χ1v) is 2.74. The van der Waals surface area contributed by atoms with Gasteiger partial charge in [-0.15, -0.1) is 0 Å². The maximum atomic E-state index is 10.2. The van der Waals surface area contributed by atoms with Crippen molar-refractivity contribution in [3.63, 3.8) is 0 Å². The highest BCUT2D eigenvalue weighted by molar-refractivity contribution is 5.66. The minimum atomic E-state index is -0.484. The van der Waals surface area contributed by atoms with Gasteiger partial charge < -0.3 is 4.74 Å². The van der Waals surface area contributed by atoms with Gasteiger partial charge in [-0.25, -0.2) is 4.89 Å². The minimum Gasteiger partial charge on any atom is -0.433 e. The Kier molecular flexibility index (Phi) is 2.02. The Hall–Kier alpha value is -0.610. The third kappa shape index (κ3) is 1.99. The summed E-state index contributed by atoms with van der Waals surface area (Å²) >= 11 is 0. The number of carbonyl (C=O) groups is 1. The summed E-state index contributed by atoms with van der Waals surface area (Å²) in [6, 6.07) is 0. The maximum Gasteiger partial charge on any atom is 0.305 e. The second-order valence-electron chi connectivity index (χ2n) is 1.75. The quantitative estimate of drug-likeness (QED) is 0.378. The van der Waals surface area contributed by atoms with Crippen LogP contribution in [0.1, 0.15) is 13.3 Å². The molecular formula is C5H8O4. The lowest BCUT2D eigenvalue weighted by Gasteiger charge is -2.04. The van der Waals surface area contributed by atoms with E-state index in [4.69, 9.17) is 0 Å². The van der Waals surface area contributed by atoms with Crippen LogP contribution in [0.3, 0.4) is 0 Å². The molecule has 1 saturated heterocycles. The minimum absolute atomic E-state index is 0.342. The summed E-state index contributed by atoms with van der Waals surface area (Å²) in [6.07, 6.45) is 0.141. The lowest BCUT2D eigenvalue weighted by Crippen LogP contribution is -2.13. The molecule has 1 aliphatic heterocycles. The van der Waals surface area contributed by atoms with Crippen LogP contribution in [-0.2, 0) is 19.3 Å². The van der Waals surface area contributed by atoms with E-state index < -0.39 is 6.29 Å². The van der Waals surface area contributed by atoms with Gasteiger partial charge >= 0.3 is 5.97 Å². The molecule has 52 valence electrons. The molecule has 0 amide bonds. The Morgan fingerprint density at radius 2 is 2.56 bits per heavy atom. The fourth-order valence-electron chi connectivity index (χ4n) is 0.580. The van der Waals surface area contributed by atoms with Crippen LogP contribution in [0, 0.1) is 0 Å². The average molecular weight is 132 g/mol. The van der Waals surface area contributed by atoms with Crippen molar-refractivity contribution in [2.24, 2.45) is 0 Å². The van der Waals surface area contributed by atoms with Crippen LogP contribution in [0.4, 0.5) is 0 Å². The highest BCUT2D eigenvalue weighted by Gasteiger charge is 2.19. The van der Waals surface area contributed by atoms with Gasteiger partial charge in [-0.1, -0.05) is 0 Å². The van der Waals surface area contributed by atoms with Crippen LogP contribution in [0.2, 0.25) is 0 Å². The van der Waals surface area contributed by atoms with Crippen LogP contribution in [0.25, 0.3) is 0 Å². The van der Waals surface area contributed by atoms with Gasteiger partial charge in [0.05, 0.1) is 6.61 Å². The molecule has 1 unspecified atom stereocenters. The van der Waals surface area contributed by atoms with Crippen molar-refractivity contribution in [1.29, 1.82) is 0 Å². The summed E-state index contributed by atoms with van der Waals surface area (Å²) in [7, 11) is 0. The van der Waals surface area contributed by atoms with Gasteiger partial charge in [0.25, 0.3) is 0 Å². The smallest absolute Gasteiger partial charge is 0.305 e. The molecule has 1 atom stereocenters. The van der Waals surface area contributed by atoms with Crippen molar-refractivity contribution in [2.75, 3.05) is 6.61 Å². The molecule has 1 heterocycles. The van der Waals surface area contributed by atoms with E-state index in [0.717, 1.165) is 0 Å². The Morgan fingerprint density at radius 3 is 3.00 bits per heavy atom. The van der Waals surface area contributed by atoms with Crippen molar-refractivity contribution in [3.05, 3.63) is 0 Å². The van der Waals surface area contributed by atoms with Crippen molar-refractivity contribution in [2.45, 2.75) is 19.6 Å². The molecule has 0 aromatic rings. The molecule has 0 radical (unpaired) electrons. The summed E-state index contributed by atoms with van der Waals surface area (Å²) in [4.78, 5) is 19.2. The fraction of sp³-hybridized carbons (Fsp3) is 0.800. The number of ether oxygens (including phenoxy) is 1. The largest absolute Gasteiger partial charge is 0.433 e. The Morgan fingerprint density at radius 1 is 1.78 bits per heavy atom. The summed E-state index contributed by atoms with van der Waals surface area (Å²) in [5.41, 5.74) is 0. The van der Waals surface area contributed by atoms with E-state index in [-0.39, 0.29) is 5.97 Å². The second kappa shape index (κ2) is 2.80. The molecular weight excluding hydrogens is 124 g/mol. The third-order valence-electron chi connectivity index (χ3n) is 0.910. The SMILES string of the molecule is CC(=O)OC1CCOO1. The van der Waals surface area contributed by atoms with Gasteiger partial charge in [-0.3, -0.25) is 4.79 Å². The van der Waals surface area contributed by atoms with Crippen molar-refractivity contribution in [1.82, 2.24) is 0 Å². The number of carbonyl (C=O) groups excluding carboxylic acids is 1. The standard InChI is InChI=1S/C5H8O4/c1-4(6)8-5-2-3-7-9-5/h5H,2-3H2,1H3. The van der Waals surface area contributed by atoms with Crippen LogP contribution in [0.5, 0.6) is 0 Å². The Labute approximate surface area is 52.6 Å². The Balaban J connectivity index is 2.19. The van der Waals surface area contributed by atoms with Gasteiger partial charge in [0.15, 0.2) is 0 Å². The molecule has 0 bridgehead atoms. The highest BCUT2D eigenvalue weighted by Crippen LogP contribution is 2.09. The normalized spacial score (nSPS) is 26.1. The second-order valence-corrected chi connectivity index (χ2v) is 1.75. The maximum absolute atomic E-state index is 10.2. The Bertz CT molecular complexity index is 106. The van der Waals surface area contributed by atoms with E-state index in [1.165, 1.54) is 6.92 Å². The molecule has 0 N–H and O–H groups in total. The van der Waals surface area contributed by atoms with Crippen LogP contribution < -0.4 is 0 Å². The zero-order valence-corrected chi connectivity index (χ0v) is 5.12. The zero-order chi connectivity index (χ0) is 6.69. The third-order valence-corrected chi connectivity index (χ3v) is 0.910. The fourth-order valence-corrected chi connectivity index (χ4v) is 0.580. The average Bonchev–Trinajstić information content (AvgIpc) is 2.15. The van der Waals surface area contributed by atoms with Crippen molar-refractivity contribution >= 4 is 5.97 Å². The lowest BCUT2D eigenvalue weighted by atomic mass is 10.5. The molecule has 1 rings (SSSR count). The molecule has 0 saturated carbocycles. The first-order chi connectivity index (χ1) is 4.29. The van der Waals surface area contributed by atoms with E-state index in [0.29, 0.717) is 13.0 Å². The van der Waals surface area contributed by atoms with E-state index >= 15 is 0 Å². The van der Waals surface area contributed by atoms with E-state index in [9.17, 15) is 4.79 Å². The zero-order valence-electron chi connectivity index (χ0n) is 5.12. The number of hydrogen-bond donors (Lipinski definition) is 0. The molecule has 1 fully saturated rings. The summed E-state index contributed by atoms with van der Waals surface area (Å²) < 4.78 is 4.62. The predicted molar refractivity (Wildman–Crippen MR) is 27.2 cm³/mol. The molecule has 0 aromatic carbocycles. The highest BCUT2D eigenvalue weighted by atomic mass is 17.2. The van der Waals surface area contributed by atoms with E-state index in [2.05, 4.69) is 14.5 Å². The molecule has 1 aliphatic rings. The summed E-state index contributed by atoms with van der Waals surface area (Å²) in [6.45, 7) is 1.83. The lowest BCUT2D eigenvalue weighted by molar-refractivity contribution is -0.319. The molecule has 0 spiro atoms. The first kappa shape index (κ1) is 6.51. The molecule has 4 heteroatoms. The van der Waals surface area contributed by atoms with Gasteiger partial charge in [-0.2, -0.15) is 4.89 Å². The molecule has 0 aromatic heterocycles. The van der Waals surface area contributed by atoms with Gasteiger partial charge in [0.1, 0.15) is 0 Å².